The van der Waals surface area contributed by atoms with E-state index in [0.29, 0.717) is 22.9 Å². The molecule has 3 aromatic rings. The largest absolute Gasteiger partial charge is 0.484 e. The van der Waals surface area contributed by atoms with Crippen LogP contribution in [0.2, 0.25) is 0 Å². The zero-order valence-electron chi connectivity index (χ0n) is 14.9. The van der Waals surface area contributed by atoms with Crippen LogP contribution in [0.5, 0.6) is 5.75 Å². The normalized spacial score (nSPS) is 15.2. The Morgan fingerprint density at radius 2 is 2.12 bits per heavy atom. The Kier molecular flexibility index (Phi) is 4.67. The van der Waals surface area contributed by atoms with E-state index in [-0.39, 0.29) is 11.9 Å². The third kappa shape index (κ3) is 3.90. The minimum absolute atomic E-state index is 0.0526. The van der Waals surface area contributed by atoms with Crippen molar-refractivity contribution in [2.24, 2.45) is 0 Å². The smallest absolute Gasteiger partial charge is 0.277 e. The molecule has 136 valence electrons. The van der Waals surface area contributed by atoms with Crippen LogP contribution in [0.3, 0.4) is 0 Å². The van der Waals surface area contributed by atoms with Crippen molar-refractivity contribution in [1.29, 1.82) is 0 Å². The molecule has 0 amide bonds. The predicted octanol–water partition coefficient (Wildman–Crippen LogP) is 4.38. The highest BCUT2D eigenvalue weighted by molar-refractivity contribution is 7.99. The van der Waals surface area contributed by atoms with Crippen LogP contribution < -0.4 is 4.74 Å². The summed E-state index contributed by atoms with van der Waals surface area (Å²) in [6, 6.07) is 6.08. The molecule has 0 radical (unpaired) electrons. The summed E-state index contributed by atoms with van der Waals surface area (Å²) < 4.78 is 16.8. The molecule has 0 saturated heterocycles. The molecule has 0 N–H and O–H groups in total. The van der Waals surface area contributed by atoms with Gasteiger partial charge in [0.05, 0.1) is 5.25 Å². The summed E-state index contributed by atoms with van der Waals surface area (Å²) in [7, 11) is 0. The van der Waals surface area contributed by atoms with Gasteiger partial charge in [0.25, 0.3) is 11.1 Å². The van der Waals surface area contributed by atoms with E-state index >= 15 is 0 Å². The second-order valence-electron chi connectivity index (χ2n) is 6.54. The lowest BCUT2D eigenvalue weighted by Gasteiger charge is -2.07. The molecule has 26 heavy (non-hydrogen) atoms. The second-order valence-corrected chi connectivity index (χ2v) is 7.84. The predicted molar refractivity (Wildman–Crippen MR) is 95.1 cm³/mol. The van der Waals surface area contributed by atoms with Crippen LogP contribution in [0, 0.1) is 13.8 Å². The van der Waals surface area contributed by atoms with Crippen LogP contribution in [-0.2, 0) is 6.61 Å². The van der Waals surface area contributed by atoms with E-state index in [1.54, 1.807) is 0 Å². The van der Waals surface area contributed by atoms with Gasteiger partial charge in [-0.05, 0) is 50.8 Å². The number of nitrogens with zero attached hydrogens (tertiary/aromatic N) is 4. The zero-order valence-corrected chi connectivity index (χ0v) is 15.7. The number of hydrogen-bond donors (Lipinski definition) is 0. The maximum Gasteiger partial charge on any atom is 0.277 e. The Morgan fingerprint density at radius 1 is 1.27 bits per heavy atom. The Hall–Kier alpha value is -2.35. The van der Waals surface area contributed by atoms with Crippen molar-refractivity contribution in [3.05, 3.63) is 46.9 Å². The van der Waals surface area contributed by atoms with Gasteiger partial charge in [-0.15, -0.1) is 10.2 Å². The number of rotatable bonds is 7. The van der Waals surface area contributed by atoms with Crippen molar-refractivity contribution in [1.82, 2.24) is 20.3 Å². The van der Waals surface area contributed by atoms with Gasteiger partial charge in [-0.1, -0.05) is 29.1 Å². The number of aromatic nitrogens is 4. The lowest BCUT2D eigenvalue weighted by molar-refractivity contribution is 0.250. The summed E-state index contributed by atoms with van der Waals surface area (Å²) in [4.78, 5) is 4.46. The van der Waals surface area contributed by atoms with Crippen LogP contribution in [-0.4, -0.2) is 20.3 Å². The highest BCUT2D eigenvalue weighted by Crippen LogP contribution is 2.40. The third-order valence-corrected chi connectivity index (χ3v) is 5.09. The molecular formula is C18H20N4O3S. The number of ether oxygens (including phenoxy) is 1. The van der Waals surface area contributed by atoms with E-state index in [0.717, 1.165) is 35.5 Å². The molecule has 1 aliphatic rings. The molecule has 2 heterocycles. The minimum atomic E-state index is -0.0526. The number of thioether (sulfide) groups is 1. The van der Waals surface area contributed by atoms with E-state index in [2.05, 4.69) is 26.4 Å². The molecule has 8 heteroatoms. The maximum absolute atomic E-state index is 5.80. The minimum Gasteiger partial charge on any atom is -0.484 e. The molecule has 0 bridgehead atoms. The van der Waals surface area contributed by atoms with Gasteiger partial charge in [0.2, 0.25) is 5.89 Å². The standard InChI is InChI=1S/C18H20N4O3S/c1-10-4-5-11(2)14(8-10)23-9-15-20-21-18(24-15)26-12(3)17-19-16(22-25-17)13-6-7-13/h4-5,8,12-13H,6-7,9H2,1-3H3/t12-/m0/s1. The summed E-state index contributed by atoms with van der Waals surface area (Å²) in [5.41, 5.74) is 2.22. The second kappa shape index (κ2) is 7.11. The summed E-state index contributed by atoms with van der Waals surface area (Å²) in [5.74, 6) is 3.12. The number of hydrogen-bond acceptors (Lipinski definition) is 8. The van der Waals surface area contributed by atoms with Crippen LogP contribution in [0.15, 0.2) is 32.4 Å². The van der Waals surface area contributed by atoms with Gasteiger partial charge in [0, 0.05) is 5.92 Å². The van der Waals surface area contributed by atoms with E-state index in [1.807, 2.05) is 32.9 Å². The fraction of sp³-hybridized carbons (Fsp3) is 0.444. The van der Waals surface area contributed by atoms with Crippen molar-refractivity contribution in [2.75, 3.05) is 0 Å². The monoisotopic (exact) mass is 372 g/mol. The van der Waals surface area contributed by atoms with Crippen molar-refractivity contribution in [2.45, 2.75) is 56.6 Å². The fourth-order valence-corrected chi connectivity index (χ4v) is 3.20. The summed E-state index contributed by atoms with van der Waals surface area (Å²) in [6.45, 7) is 6.25. The molecule has 0 spiro atoms. The van der Waals surface area contributed by atoms with Crippen molar-refractivity contribution < 1.29 is 13.7 Å². The van der Waals surface area contributed by atoms with Gasteiger partial charge < -0.3 is 13.7 Å². The van der Waals surface area contributed by atoms with E-state index in [1.165, 1.54) is 11.8 Å². The molecule has 7 nitrogen and oxygen atoms in total. The van der Waals surface area contributed by atoms with Gasteiger partial charge >= 0.3 is 0 Å². The van der Waals surface area contributed by atoms with Gasteiger partial charge in [-0.25, -0.2) is 0 Å². The molecular weight excluding hydrogens is 352 g/mol. The zero-order chi connectivity index (χ0) is 18.1. The lowest BCUT2D eigenvalue weighted by Crippen LogP contribution is -1.97. The topological polar surface area (TPSA) is 87.1 Å². The number of aryl methyl sites for hydroxylation is 2. The molecule has 1 atom stereocenters. The maximum atomic E-state index is 5.80. The highest BCUT2D eigenvalue weighted by Gasteiger charge is 2.30. The average molecular weight is 372 g/mol. The molecule has 2 aromatic heterocycles. The molecule has 1 aromatic carbocycles. The molecule has 1 aliphatic carbocycles. The Balaban J connectivity index is 1.35. The molecule has 1 fully saturated rings. The SMILES string of the molecule is Cc1ccc(C)c(OCc2nnc(S[C@@H](C)c3nc(C4CC4)no3)o2)c1. The van der Waals surface area contributed by atoms with Crippen LogP contribution in [0.1, 0.15) is 59.7 Å². The first-order valence-electron chi connectivity index (χ1n) is 8.61. The molecule has 0 unspecified atom stereocenters. The van der Waals surface area contributed by atoms with Gasteiger partial charge in [0.1, 0.15) is 5.75 Å². The van der Waals surface area contributed by atoms with Gasteiger partial charge in [-0.2, -0.15) is 4.98 Å². The average Bonchev–Trinajstić information content (AvgIpc) is 3.17. The van der Waals surface area contributed by atoms with Crippen molar-refractivity contribution >= 4 is 11.8 Å². The fourth-order valence-electron chi connectivity index (χ4n) is 2.47. The Morgan fingerprint density at radius 3 is 2.92 bits per heavy atom. The van der Waals surface area contributed by atoms with Crippen LogP contribution in [0.4, 0.5) is 0 Å². The number of benzene rings is 1. The quantitative estimate of drug-likeness (QED) is 0.565. The van der Waals surface area contributed by atoms with E-state index in [9.17, 15) is 0 Å². The van der Waals surface area contributed by atoms with E-state index < -0.39 is 0 Å². The first-order chi connectivity index (χ1) is 12.6. The molecule has 0 aliphatic heterocycles. The highest BCUT2D eigenvalue weighted by atomic mass is 32.2. The third-order valence-electron chi connectivity index (χ3n) is 4.17. The summed E-state index contributed by atoms with van der Waals surface area (Å²) >= 11 is 1.40. The summed E-state index contributed by atoms with van der Waals surface area (Å²) in [5, 5.41) is 12.6. The van der Waals surface area contributed by atoms with E-state index in [4.69, 9.17) is 13.7 Å². The summed E-state index contributed by atoms with van der Waals surface area (Å²) in [6.07, 6.45) is 2.29. The van der Waals surface area contributed by atoms with Crippen LogP contribution >= 0.6 is 11.8 Å². The molecule has 4 rings (SSSR count). The first-order valence-corrected chi connectivity index (χ1v) is 9.49. The van der Waals surface area contributed by atoms with Crippen LogP contribution in [0.25, 0.3) is 0 Å². The molecule has 1 saturated carbocycles. The van der Waals surface area contributed by atoms with Crippen molar-refractivity contribution in [3.8, 4) is 5.75 Å². The van der Waals surface area contributed by atoms with Crippen molar-refractivity contribution in [3.63, 3.8) is 0 Å². The first kappa shape index (κ1) is 17.1. The Labute approximate surface area is 155 Å². The Bertz CT molecular complexity index is 903. The van der Waals surface area contributed by atoms with Gasteiger partial charge in [0.15, 0.2) is 12.4 Å². The van der Waals surface area contributed by atoms with Gasteiger partial charge in [-0.3, -0.25) is 0 Å². The lowest BCUT2D eigenvalue weighted by atomic mass is 10.1.